The number of hydrogen-bond donors (Lipinski definition) is 2. The van der Waals surface area contributed by atoms with Gasteiger partial charge in [0.25, 0.3) is 0 Å². The molecule has 0 aromatic heterocycles. The van der Waals surface area contributed by atoms with Crippen molar-refractivity contribution >= 4 is 23.2 Å². The highest BCUT2D eigenvalue weighted by Gasteiger charge is 2.10. The number of aromatic hydroxyl groups is 1. The Labute approximate surface area is 121 Å². The van der Waals surface area contributed by atoms with Gasteiger partial charge in [0.15, 0.2) is 0 Å². The zero-order valence-electron chi connectivity index (χ0n) is 9.88. The van der Waals surface area contributed by atoms with Crippen molar-refractivity contribution in [2.24, 2.45) is 0 Å². The molecular weight excluding hydrogens is 287 g/mol. The van der Waals surface area contributed by atoms with Crippen LogP contribution in [0.1, 0.15) is 11.7 Å². The molecule has 2 rings (SSSR count). The Bertz CT molecular complexity index is 572. The number of aliphatic hydroxyl groups is 1. The summed E-state index contributed by atoms with van der Waals surface area (Å²) in [5.41, 5.74) is 0.574. The number of rotatable bonds is 4. The molecule has 2 aromatic rings. The molecule has 0 saturated carbocycles. The highest BCUT2D eigenvalue weighted by Crippen LogP contribution is 2.28. The van der Waals surface area contributed by atoms with Gasteiger partial charge in [0.1, 0.15) is 24.2 Å². The Balaban J connectivity index is 2.02. The summed E-state index contributed by atoms with van der Waals surface area (Å²) in [5, 5.41) is 20.2. The molecule has 2 N–H and O–H groups in total. The van der Waals surface area contributed by atoms with Crippen LogP contribution in [0, 0.1) is 0 Å². The van der Waals surface area contributed by atoms with Crippen molar-refractivity contribution in [3.8, 4) is 11.5 Å². The van der Waals surface area contributed by atoms with Crippen LogP contribution < -0.4 is 4.74 Å². The van der Waals surface area contributed by atoms with Gasteiger partial charge in [-0.05, 0) is 35.9 Å². The molecular formula is C14H12Cl2O3. The Morgan fingerprint density at radius 3 is 2.58 bits per heavy atom. The van der Waals surface area contributed by atoms with Crippen molar-refractivity contribution in [1.29, 1.82) is 0 Å². The maximum atomic E-state index is 9.95. The minimum Gasteiger partial charge on any atom is -0.508 e. The van der Waals surface area contributed by atoms with Crippen molar-refractivity contribution < 1.29 is 14.9 Å². The molecule has 5 heteroatoms. The fourth-order valence-electron chi connectivity index (χ4n) is 1.59. The van der Waals surface area contributed by atoms with E-state index in [0.717, 1.165) is 0 Å². The molecule has 0 fully saturated rings. The predicted octanol–water partition coefficient (Wildman–Crippen LogP) is 3.81. The van der Waals surface area contributed by atoms with Crippen molar-refractivity contribution in [1.82, 2.24) is 0 Å². The summed E-state index contributed by atoms with van der Waals surface area (Å²) in [7, 11) is 0. The first-order chi connectivity index (χ1) is 9.06. The lowest BCUT2D eigenvalue weighted by atomic mass is 10.1. The molecule has 0 aliphatic rings. The Morgan fingerprint density at radius 2 is 1.89 bits per heavy atom. The number of phenols is 1. The molecule has 0 heterocycles. The van der Waals surface area contributed by atoms with Crippen LogP contribution in [-0.2, 0) is 0 Å². The van der Waals surface area contributed by atoms with Gasteiger partial charge in [0.05, 0.1) is 5.02 Å². The number of halogens is 2. The summed E-state index contributed by atoms with van der Waals surface area (Å²) in [6.07, 6.45) is -0.848. The first-order valence-corrected chi connectivity index (χ1v) is 6.36. The van der Waals surface area contributed by atoms with Gasteiger partial charge >= 0.3 is 0 Å². The third-order valence-electron chi connectivity index (χ3n) is 2.55. The number of phenolic OH excluding ortho intramolecular Hbond substituents is 1. The van der Waals surface area contributed by atoms with E-state index in [9.17, 15) is 10.2 Å². The maximum absolute atomic E-state index is 9.95. The van der Waals surface area contributed by atoms with E-state index >= 15 is 0 Å². The summed E-state index contributed by atoms with van der Waals surface area (Å²) >= 11 is 11.7. The number of benzene rings is 2. The fourth-order valence-corrected chi connectivity index (χ4v) is 2.05. The SMILES string of the molecule is Oc1cccc(C(O)COc2ccc(Cl)cc2Cl)c1. The van der Waals surface area contributed by atoms with E-state index in [1.54, 1.807) is 30.3 Å². The van der Waals surface area contributed by atoms with Crippen LogP contribution in [-0.4, -0.2) is 16.8 Å². The third-order valence-corrected chi connectivity index (χ3v) is 3.08. The van der Waals surface area contributed by atoms with E-state index in [4.69, 9.17) is 27.9 Å². The minimum atomic E-state index is -0.848. The molecule has 0 aliphatic heterocycles. The number of ether oxygens (including phenoxy) is 1. The lowest BCUT2D eigenvalue weighted by Crippen LogP contribution is -2.09. The normalized spacial score (nSPS) is 12.2. The number of aliphatic hydroxyl groups excluding tert-OH is 1. The van der Waals surface area contributed by atoms with Gasteiger partial charge in [-0.2, -0.15) is 0 Å². The quantitative estimate of drug-likeness (QED) is 0.902. The molecule has 19 heavy (non-hydrogen) atoms. The Kier molecular flexibility index (Phi) is 4.53. The molecule has 3 nitrogen and oxygen atoms in total. The topological polar surface area (TPSA) is 49.7 Å². The Morgan fingerprint density at radius 1 is 1.11 bits per heavy atom. The van der Waals surface area contributed by atoms with Gasteiger partial charge in [0.2, 0.25) is 0 Å². The predicted molar refractivity (Wildman–Crippen MR) is 75.0 cm³/mol. The van der Waals surface area contributed by atoms with E-state index < -0.39 is 6.10 Å². The molecule has 100 valence electrons. The van der Waals surface area contributed by atoms with Crippen LogP contribution in [0.15, 0.2) is 42.5 Å². The van der Waals surface area contributed by atoms with Gasteiger partial charge in [-0.1, -0.05) is 35.3 Å². The van der Waals surface area contributed by atoms with Crippen molar-refractivity contribution in [2.45, 2.75) is 6.10 Å². The molecule has 0 amide bonds. The first kappa shape index (κ1) is 14.0. The van der Waals surface area contributed by atoms with Gasteiger partial charge < -0.3 is 14.9 Å². The largest absolute Gasteiger partial charge is 0.508 e. The number of hydrogen-bond acceptors (Lipinski definition) is 3. The van der Waals surface area contributed by atoms with Crippen LogP contribution in [0.4, 0.5) is 0 Å². The fraction of sp³-hybridized carbons (Fsp3) is 0.143. The molecule has 0 saturated heterocycles. The second kappa shape index (κ2) is 6.15. The molecule has 0 aliphatic carbocycles. The van der Waals surface area contributed by atoms with Gasteiger partial charge in [-0.25, -0.2) is 0 Å². The summed E-state index contributed by atoms with van der Waals surface area (Å²) in [6.45, 7) is 0.0325. The third kappa shape index (κ3) is 3.77. The highest BCUT2D eigenvalue weighted by atomic mass is 35.5. The highest BCUT2D eigenvalue weighted by molar-refractivity contribution is 6.35. The standard InChI is InChI=1S/C14H12Cl2O3/c15-10-4-5-14(12(16)7-10)19-8-13(18)9-2-1-3-11(17)6-9/h1-7,13,17-18H,8H2. The Hall–Kier alpha value is -1.42. The van der Waals surface area contributed by atoms with Crippen LogP contribution in [0.25, 0.3) is 0 Å². The first-order valence-electron chi connectivity index (χ1n) is 5.61. The van der Waals surface area contributed by atoms with Crippen LogP contribution in [0.5, 0.6) is 11.5 Å². The zero-order valence-corrected chi connectivity index (χ0v) is 11.4. The lowest BCUT2D eigenvalue weighted by Gasteiger charge is -2.13. The zero-order chi connectivity index (χ0) is 13.8. The average molecular weight is 299 g/mol. The van der Waals surface area contributed by atoms with E-state index in [2.05, 4.69) is 0 Å². The smallest absolute Gasteiger partial charge is 0.138 e. The summed E-state index contributed by atoms with van der Waals surface area (Å²) in [5.74, 6) is 0.548. The van der Waals surface area contributed by atoms with E-state index in [1.165, 1.54) is 12.1 Å². The molecule has 1 unspecified atom stereocenters. The van der Waals surface area contributed by atoms with Crippen molar-refractivity contribution in [3.63, 3.8) is 0 Å². The van der Waals surface area contributed by atoms with E-state index in [1.807, 2.05) is 0 Å². The van der Waals surface area contributed by atoms with E-state index in [0.29, 0.717) is 21.4 Å². The molecule has 0 radical (unpaired) electrons. The molecule has 1 atom stereocenters. The van der Waals surface area contributed by atoms with E-state index in [-0.39, 0.29) is 12.4 Å². The van der Waals surface area contributed by atoms with Gasteiger partial charge in [-0.15, -0.1) is 0 Å². The van der Waals surface area contributed by atoms with Gasteiger partial charge in [0, 0.05) is 5.02 Å². The van der Waals surface area contributed by atoms with Crippen LogP contribution in [0.2, 0.25) is 10.0 Å². The van der Waals surface area contributed by atoms with Crippen LogP contribution >= 0.6 is 23.2 Å². The van der Waals surface area contributed by atoms with Crippen molar-refractivity contribution in [3.05, 3.63) is 58.1 Å². The molecule has 0 bridgehead atoms. The summed E-state index contributed by atoms with van der Waals surface area (Å²) < 4.78 is 5.43. The molecule has 2 aromatic carbocycles. The summed E-state index contributed by atoms with van der Waals surface area (Å²) in [4.78, 5) is 0. The molecule has 0 spiro atoms. The second-order valence-electron chi connectivity index (χ2n) is 4.00. The van der Waals surface area contributed by atoms with Crippen LogP contribution in [0.3, 0.4) is 0 Å². The minimum absolute atomic E-state index is 0.0325. The second-order valence-corrected chi connectivity index (χ2v) is 4.84. The van der Waals surface area contributed by atoms with Crippen molar-refractivity contribution in [2.75, 3.05) is 6.61 Å². The summed E-state index contributed by atoms with van der Waals surface area (Å²) in [6, 6.07) is 11.2. The maximum Gasteiger partial charge on any atom is 0.138 e. The lowest BCUT2D eigenvalue weighted by molar-refractivity contribution is 0.108. The van der Waals surface area contributed by atoms with Gasteiger partial charge in [-0.3, -0.25) is 0 Å². The average Bonchev–Trinajstić information content (AvgIpc) is 2.37. The monoisotopic (exact) mass is 298 g/mol.